The monoisotopic (exact) mass is 465 g/mol. The minimum atomic E-state index is -0.561. The van der Waals surface area contributed by atoms with Crippen molar-refractivity contribution < 1.29 is 14.3 Å². The van der Waals surface area contributed by atoms with Crippen LogP contribution in [0.2, 0.25) is 10.0 Å². The van der Waals surface area contributed by atoms with Gasteiger partial charge in [0.2, 0.25) is 0 Å². The summed E-state index contributed by atoms with van der Waals surface area (Å²) in [5, 5.41) is 1.70. The van der Waals surface area contributed by atoms with Gasteiger partial charge in [-0.15, -0.1) is 0 Å². The molecule has 0 fully saturated rings. The van der Waals surface area contributed by atoms with Crippen LogP contribution in [0.3, 0.4) is 0 Å². The molecule has 32 heavy (non-hydrogen) atoms. The largest absolute Gasteiger partial charge is 0.497 e. The van der Waals surface area contributed by atoms with E-state index in [0.29, 0.717) is 22.2 Å². The molecule has 0 aliphatic carbocycles. The molecule has 0 radical (unpaired) electrons. The lowest BCUT2D eigenvalue weighted by Gasteiger charge is -2.19. The van der Waals surface area contributed by atoms with E-state index >= 15 is 0 Å². The lowest BCUT2D eigenvalue weighted by Crippen LogP contribution is -2.47. The summed E-state index contributed by atoms with van der Waals surface area (Å²) in [5.74, 6) is -0.0339. The van der Waals surface area contributed by atoms with Crippen molar-refractivity contribution in [1.82, 2.24) is 10.4 Å². The third kappa shape index (κ3) is 4.51. The molecule has 1 N–H and O–H groups in total. The summed E-state index contributed by atoms with van der Waals surface area (Å²) in [4.78, 5) is 30.5. The summed E-state index contributed by atoms with van der Waals surface area (Å²) in [7, 11) is 1.58. The number of carbonyl (C=O) groups excluding carboxylic acids is 2. The van der Waals surface area contributed by atoms with Crippen molar-refractivity contribution in [3.8, 4) is 5.75 Å². The number of carbonyl (C=O) groups is 2. The van der Waals surface area contributed by atoms with Crippen molar-refractivity contribution in [2.24, 2.45) is 4.99 Å². The molecule has 6 nitrogen and oxygen atoms in total. The molecule has 1 heterocycles. The first-order valence-corrected chi connectivity index (χ1v) is 10.3. The Hall–Kier alpha value is -3.61. The van der Waals surface area contributed by atoms with Crippen molar-refractivity contribution in [2.45, 2.75) is 0 Å². The van der Waals surface area contributed by atoms with Gasteiger partial charge < -0.3 is 4.74 Å². The van der Waals surface area contributed by atoms with Crippen molar-refractivity contribution in [2.75, 3.05) is 7.11 Å². The van der Waals surface area contributed by atoms with E-state index in [1.807, 2.05) is 30.3 Å². The number of nitrogens with zero attached hydrogens (tertiary/aromatic N) is 2. The predicted octanol–water partition coefficient (Wildman–Crippen LogP) is 4.98. The molecule has 0 spiro atoms. The van der Waals surface area contributed by atoms with Gasteiger partial charge in [-0.3, -0.25) is 15.0 Å². The number of ether oxygens (including phenoxy) is 1. The topological polar surface area (TPSA) is 71.0 Å². The van der Waals surface area contributed by atoms with E-state index in [2.05, 4.69) is 10.4 Å². The first-order chi connectivity index (χ1) is 15.5. The molecule has 0 saturated carbocycles. The first kappa shape index (κ1) is 21.6. The highest BCUT2D eigenvalue weighted by molar-refractivity contribution is 6.36. The van der Waals surface area contributed by atoms with Crippen LogP contribution in [0, 0.1) is 0 Å². The predicted molar refractivity (Wildman–Crippen MR) is 125 cm³/mol. The zero-order valence-electron chi connectivity index (χ0n) is 16.9. The van der Waals surface area contributed by atoms with Crippen molar-refractivity contribution in [3.05, 3.63) is 105 Å². The van der Waals surface area contributed by atoms with Crippen LogP contribution in [-0.4, -0.2) is 29.8 Å². The smallest absolute Gasteiger partial charge is 0.297 e. The SMILES string of the molecule is COc1ccc(/C=C2\N=C(c3ccccc3)N(NC(=O)c3ccc(Cl)cc3Cl)C2=O)cc1. The average molecular weight is 466 g/mol. The molecule has 160 valence electrons. The van der Waals surface area contributed by atoms with Gasteiger partial charge in [-0.25, -0.2) is 4.99 Å². The minimum absolute atomic E-state index is 0.175. The molecule has 3 aromatic carbocycles. The molecule has 0 aromatic heterocycles. The molecule has 1 aliphatic heterocycles. The van der Waals surface area contributed by atoms with Crippen molar-refractivity contribution in [3.63, 3.8) is 0 Å². The number of amidine groups is 1. The molecule has 0 atom stereocenters. The second-order valence-corrected chi connectivity index (χ2v) is 7.65. The molecular formula is C24H17Cl2N3O3. The van der Waals surface area contributed by atoms with E-state index in [1.165, 1.54) is 12.1 Å². The highest BCUT2D eigenvalue weighted by atomic mass is 35.5. The highest BCUT2D eigenvalue weighted by Crippen LogP contribution is 2.24. The number of hydrazine groups is 1. The fourth-order valence-electron chi connectivity index (χ4n) is 3.09. The zero-order chi connectivity index (χ0) is 22.7. The van der Waals surface area contributed by atoms with Crippen molar-refractivity contribution >= 4 is 46.9 Å². The molecule has 8 heteroatoms. The van der Waals surface area contributed by atoms with Crippen LogP contribution in [0.25, 0.3) is 6.08 Å². The summed E-state index contributed by atoms with van der Waals surface area (Å²) >= 11 is 12.1. The van der Waals surface area contributed by atoms with Crippen LogP contribution >= 0.6 is 23.2 Å². The van der Waals surface area contributed by atoms with E-state index < -0.39 is 11.8 Å². The van der Waals surface area contributed by atoms with Gasteiger partial charge >= 0.3 is 0 Å². The van der Waals surface area contributed by atoms with Crippen LogP contribution in [0.1, 0.15) is 21.5 Å². The van der Waals surface area contributed by atoms with E-state index in [0.717, 1.165) is 10.6 Å². The van der Waals surface area contributed by atoms with E-state index in [4.69, 9.17) is 27.9 Å². The molecule has 3 aromatic rings. The summed E-state index contributed by atoms with van der Waals surface area (Å²) in [6.45, 7) is 0. The maximum absolute atomic E-state index is 13.2. The number of nitrogens with one attached hydrogen (secondary N) is 1. The van der Waals surface area contributed by atoms with Gasteiger partial charge in [0.1, 0.15) is 11.4 Å². The van der Waals surface area contributed by atoms with Gasteiger partial charge in [0.15, 0.2) is 5.84 Å². The first-order valence-electron chi connectivity index (χ1n) is 9.56. The average Bonchev–Trinajstić information content (AvgIpc) is 3.10. The Morgan fingerprint density at radius 1 is 1.03 bits per heavy atom. The van der Waals surface area contributed by atoms with Gasteiger partial charge in [0, 0.05) is 10.6 Å². The Bertz CT molecular complexity index is 1240. The highest BCUT2D eigenvalue weighted by Gasteiger charge is 2.33. The number of benzene rings is 3. The normalized spacial score (nSPS) is 14.5. The van der Waals surface area contributed by atoms with Crippen LogP contribution < -0.4 is 10.2 Å². The van der Waals surface area contributed by atoms with E-state index in [1.54, 1.807) is 43.5 Å². The standard InChI is InChI=1S/C24H17Cl2N3O3/c1-32-18-10-7-15(8-11-18)13-21-24(31)29(22(27-21)16-5-3-2-4-6-16)28-23(30)19-12-9-17(25)14-20(19)26/h2-14H,1H3,(H,28,30)/b21-13-. The maximum atomic E-state index is 13.2. The Kier molecular flexibility index (Phi) is 6.25. The molecule has 4 rings (SSSR count). The fraction of sp³-hybridized carbons (Fsp3) is 0.0417. The second-order valence-electron chi connectivity index (χ2n) is 6.81. The van der Waals surface area contributed by atoms with Crippen LogP contribution in [-0.2, 0) is 4.79 Å². The van der Waals surface area contributed by atoms with Crippen molar-refractivity contribution in [1.29, 1.82) is 0 Å². The molecule has 0 unspecified atom stereocenters. The lowest BCUT2D eigenvalue weighted by molar-refractivity contribution is -0.124. The fourth-order valence-corrected chi connectivity index (χ4v) is 3.59. The molecule has 1 aliphatic rings. The zero-order valence-corrected chi connectivity index (χ0v) is 18.4. The third-order valence-corrected chi connectivity index (χ3v) is 5.25. The van der Waals surface area contributed by atoms with Crippen LogP contribution in [0.5, 0.6) is 5.75 Å². The number of hydrogen-bond donors (Lipinski definition) is 1. The van der Waals surface area contributed by atoms with Gasteiger partial charge in [0.25, 0.3) is 11.8 Å². The number of hydrogen-bond acceptors (Lipinski definition) is 4. The Morgan fingerprint density at radius 2 is 1.75 bits per heavy atom. The number of aliphatic imine (C=N–C) groups is 1. The quantitative estimate of drug-likeness (QED) is 0.540. The Morgan fingerprint density at radius 3 is 2.41 bits per heavy atom. The number of rotatable bonds is 5. The number of amides is 2. The van der Waals surface area contributed by atoms with Gasteiger partial charge in [-0.1, -0.05) is 65.7 Å². The molecule has 0 saturated heterocycles. The van der Waals surface area contributed by atoms with Crippen LogP contribution in [0.4, 0.5) is 0 Å². The summed E-state index contributed by atoms with van der Waals surface area (Å²) in [5.41, 5.74) is 4.41. The molecule has 2 amide bonds. The summed E-state index contributed by atoms with van der Waals surface area (Å²) in [6.07, 6.45) is 1.64. The summed E-state index contributed by atoms with van der Waals surface area (Å²) < 4.78 is 5.17. The Balaban J connectivity index is 1.68. The molecule has 0 bridgehead atoms. The maximum Gasteiger partial charge on any atom is 0.297 e. The molecular weight excluding hydrogens is 449 g/mol. The number of halogens is 2. The second kappa shape index (κ2) is 9.26. The number of methoxy groups -OCH3 is 1. The van der Waals surface area contributed by atoms with E-state index in [-0.39, 0.29) is 16.3 Å². The van der Waals surface area contributed by atoms with Gasteiger partial charge in [0.05, 0.1) is 17.7 Å². The van der Waals surface area contributed by atoms with Gasteiger partial charge in [-0.05, 0) is 42.0 Å². The third-order valence-electron chi connectivity index (χ3n) is 4.70. The lowest BCUT2D eigenvalue weighted by atomic mass is 10.2. The van der Waals surface area contributed by atoms with E-state index in [9.17, 15) is 9.59 Å². The minimum Gasteiger partial charge on any atom is -0.497 e. The van der Waals surface area contributed by atoms with Crippen LogP contribution in [0.15, 0.2) is 83.5 Å². The summed E-state index contributed by atoms with van der Waals surface area (Å²) in [6, 6.07) is 20.8. The van der Waals surface area contributed by atoms with Gasteiger partial charge in [-0.2, -0.15) is 5.01 Å². The Labute approximate surface area is 194 Å².